The zero-order valence-corrected chi connectivity index (χ0v) is 19.7. The van der Waals surface area contributed by atoms with Crippen molar-refractivity contribution in [3.8, 4) is 0 Å². The van der Waals surface area contributed by atoms with Crippen LogP contribution in [-0.4, -0.2) is 34.4 Å². The number of carbonyl (C=O) groups is 2. The van der Waals surface area contributed by atoms with E-state index in [4.69, 9.17) is 0 Å². The highest BCUT2D eigenvalue weighted by Crippen LogP contribution is 2.31. The van der Waals surface area contributed by atoms with E-state index in [0.29, 0.717) is 12.3 Å². The Kier molecular flexibility index (Phi) is 6.63. The molecule has 0 N–H and O–H groups in total. The third-order valence-electron chi connectivity index (χ3n) is 4.94. The SMILES string of the molecule is O=C(CBr)N1CC(=O)N(Cc2ccccc2)c2ccc(Br)cc2C(c2ccccc2)=N1. The van der Waals surface area contributed by atoms with Gasteiger partial charge < -0.3 is 4.90 Å². The second-order valence-electron chi connectivity index (χ2n) is 7.03. The molecule has 0 atom stereocenters. The number of alkyl halides is 1. The van der Waals surface area contributed by atoms with Crippen LogP contribution < -0.4 is 4.90 Å². The first kappa shape index (κ1) is 21.5. The highest BCUT2D eigenvalue weighted by molar-refractivity contribution is 9.10. The van der Waals surface area contributed by atoms with E-state index in [-0.39, 0.29) is 23.7 Å². The number of halogens is 2. The van der Waals surface area contributed by atoms with Crippen LogP contribution in [0.15, 0.2) is 88.4 Å². The van der Waals surface area contributed by atoms with Crippen molar-refractivity contribution < 1.29 is 9.59 Å². The molecule has 3 aromatic carbocycles. The molecule has 0 unspecified atom stereocenters. The summed E-state index contributed by atoms with van der Waals surface area (Å²) in [7, 11) is 0. The smallest absolute Gasteiger partial charge is 0.253 e. The first-order valence-electron chi connectivity index (χ1n) is 9.71. The highest BCUT2D eigenvalue weighted by Gasteiger charge is 2.29. The number of fused-ring (bicyclic) bond motifs is 1. The number of rotatable bonds is 4. The van der Waals surface area contributed by atoms with Crippen molar-refractivity contribution in [3.63, 3.8) is 0 Å². The molecule has 0 aliphatic carbocycles. The van der Waals surface area contributed by atoms with Crippen molar-refractivity contribution in [2.75, 3.05) is 16.8 Å². The van der Waals surface area contributed by atoms with Crippen molar-refractivity contribution in [2.45, 2.75) is 6.54 Å². The standard InChI is InChI=1S/C24H19Br2N3O2/c25-14-22(30)29-16-23(31)28(15-17-7-3-1-4-8-17)21-12-11-19(26)13-20(21)24(27-29)18-9-5-2-6-10-18/h1-13H,14-16H2. The number of carbonyl (C=O) groups excluding carboxylic acids is 2. The lowest BCUT2D eigenvalue weighted by Gasteiger charge is -2.31. The first-order chi connectivity index (χ1) is 15.1. The summed E-state index contributed by atoms with van der Waals surface area (Å²) in [5.74, 6) is -0.475. The number of amides is 2. The predicted molar refractivity (Wildman–Crippen MR) is 129 cm³/mol. The van der Waals surface area contributed by atoms with Crippen LogP contribution in [0.2, 0.25) is 0 Å². The van der Waals surface area contributed by atoms with Crippen molar-refractivity contribution in [1.82, 2.24) is 5.01 Å². The Morgan fingerprint density at radius 2 is 1.65 bits per heavy atom. The van der Waals surface area contributed by atoms with Crippen molar-refractivity contribution in [3.05, 3.63) is 100 Å². The maximum Gasteiger partial charge on any atom is 0.253 e. The minimum atomic E-state index is -0.278. The molecule has 31 heavy (non-hydrogen) atoms. The van der Waals surface area contributed by atoms with Gasteiger partial charge in [0.15, 0.2) is 0 Å². The Morgan fingerprint density at radius 1 is 0.968 bits per heavy atom. The summed E-state index contributed by atoms with van der Waals surface area (Å²) in [4.78, 5) is 27.6. The number of benzene rings is 3. The van der Waals surface area contributed by atoms with E-state index in [0.717, 1.165) is 26.9 Å². The van der Waals surface area contributed by atoms with E-state index in [1.807, 2.05) is 78.9 Å². The second-order valence-corrected chi connectivity index (χ2v) is 8.50. The third kappa shape index (κ3) is 4.78. The van der Waals surface area contributed by atoms with Gasteiger partial charge in [0.25, 0.3) is 5.91 Å². The molecule has 1 heterocycles. The van der Waals surface area contributed by atoms with Crippen LogP contribution in [0.1, 0.15) is 16.7 Å². The molecule has 0 saturated carbocycles. The summed E-state index contributed by atoms with van der Waals surface area (Å²) in [6, 6.07) is 25.3. The number of hydrogen-bond donors (Lipinski definition) is 0. The van der Waals surface area contributed by atoms with Gasteiger partial charge in [-0.3, -0.25) is 9.59 Å². The summed E-state index contributed by atoms with van der Waals surface area (Å²) >= 11 is 6.76. The fraction of sp³-hybridized carbons (Fsp3) is 0.125. The zero-order chi connectivity index (χ0) is 21.8. The lowest BCUT2D eigenvalue weighted by atomic mass is 9.99. The van der Waals surface area contributed by atoms with Gasteiger partial charge in [-0.2, -0.15) is 5.10 Å². The van der Waals surface area contributed by atoms with Crippen LogP contribution in [0.5, 0.6) is 0 Å². The molecule has 0 saturated heterocycles. The monoisotopic (exact) mass is 539 g/mol. The first-order valence-corrected chi connectivity index (χ1v) is 11.6. The van der Waals surface area contributed by atoms with Crippen LogP contribution in [0.4, 0.5) is 5.69 Å². The van der Waals surface area contributed by atoms with E-state index >= 15 is 0 Å². The number of nitrogens with zero attached hydrogens (tertiary/aromatic N) is 3. The molecule has 7 heteroatoms. The van der Waals surface area contributed by atoms with Crippen molar-refractivity contribution >= 4 is 55.1 Å². The van der Waals surface area contributed by atoms with Crippen LogP contribution in [0.3, 0.4) is 0 Å². The minimum Gasteiger partial charge on any atom is -0.306 e. The molecular weight excluding hydrogens is 522 g/mol. The van der Waals surface area contributed by atoms with Gasteiger partial charge in [-0.05, 0) is 23.8 Å². The lowest BCUT2D eigenvalue weighted by Crippen LogP contribution is -2.43. The minimum absolute atomic E-state index is 0.0792. The van der Waals surface area contributed by atoms with E-state index in [1.165, 1.54) is 5.01 Å². The second kappa shape index (κ2) is 9.58. The van der Waals surface area contributed by atoms with E-state index in [1.54, 1.807) is 4.90 Å². The quantitative estimate of drug-likeness (QED) is 0.439. The van der Waals surface area contributed by atoms with Crippen LogP contribution in [0, 0.1) is 0 Å². The summed E-state index contributed by atoms with van der Waals surface area (Å²) in [5.41, 5.74) is 4.03. The Labute approximate surface area is 197 Å². The number of hydrogen-bond acceptors (Lipinski definition) is 3. The van der Waals surface area contributed by atoms with E-state index in [2.05, 4.69) is 37.0 Å². The third-order valence-corrected chi connectivity index (χ3v) is 5.92. The molecule has 1 aliphatic rings. The maximum absolute atomic E-state index is 13.3. The number of hydrazone groups is 1. The molecule has 0 aromatic heterocycles. The van der Waals surface area contributed by atoms with Gasteiger partial charge in [-0.15, -0.1) is 0 Å². The highest BCUT2D eigenvalue weighted by atomic mass is 79.9. The van der Waals surface area contributed by atoms with Gasteiger partial charge in [-0.25, -0.2) is 5.01 Å². The Morgan fingerprint density at radius 3 is 2.32 bits per heavy atom. The van der Waals surface area contributed by atoms with Gasteiger partial charge in [0.05, 0.1) is 17.6 Å². The molecule has 1 aliphatic heterocycles. The Balaban J connectivity index is 1.92. The van der Waals surface area contributed by atoms with Crippen molar-refractivity contribution in [1.29, 1.82) is 0 Å². The Hall–Kier alpha value is -2.77. The molecular formula is C24H19Br2N3O2. The summed E-state index contributed by atoms with van der Waals surface area (Å²) in [6.07, 6.45) is 0. The molecule has 0 radical (unpaired) electrons. The topological polar surface area (TPSA) is 53.0 Å². The molecule has 156 valence electrons. The van der Waals surface area contributed by atoms with E-state index < -0.39 is 0 Å². The van der Waals surface area contributed by atoms with Gasteiger partial charge >= 0.3 is 0 Å². The molecule has 0 bridgehead atoms. The fourth-order valence-corrected chi connectivity index (χ4v) is 4.10. The molecule has 0 spiro atoms. The van der Waals surface area contributed by atoms with Crippen LogP contribution in [-0.2, 0) is 16.1 Å². The van der Waals surface area contributed by atoms with Crippen LogP contribution in [0.25, 0.3) is 0 Å². The molecule has 4 rings (SSSR count). The summed E-state index contributed by atoms with van der Waals surface area (Å²) in [5, 5.41) is 5.98. The number of anilines is 1. The van der Waals surface area contributed by atoms with Gasteiger partial charge in [-0.1, -0.05) is 92.5 Å². The molecule has 5 nitrogen and oxygen atoms in total. The molecule has 2 amide bonds. The Bertz CT molecular complexity index is 1130. The average molecular weight is 541 g/mol. The summed E-state index contributed by atoms with van der Waals surface area (Å²) in [6.45, 7) is 0.260. The normalized spacial score (nSPS) is 13.9. The summed E-state index contributed by atoms with van der Waals surface area (Å²) < 4.78 is 0.862. The van der Waals surface area contributed by atoms with Crippen LogP contribution >= 0.6 is 31.9 Å². The van der Waals surface area contributed by atoms with Crippen molar-refractivity contribution in [2.24, 2.45) is 5.10 Å². The average Bonchev–Trinajstić information content (AvgIpc) is 2.80. The lowest BCUT2D eigenvalue weighted by molar-refractivity contribution is -0.133. The fourth-order valence-electron chi connectivity index (χ4n) is 3.45. The largest absolute Gasteiger partial charge is 0.306 e. The predicted octanol–water partition coefficient (Wildman–Crippen LogP) is 4.97. The molecule has 3 aromatic rings. The van der Waals surface area contributed by atoms with Gasteiger partial charge in [0, 0.05) is 15.6 Å². The van der Waals surface area contributed by atoms with Gasteiger partial charge in [0.2, 0.25) is 5.91 Å². The van der Waals surface area contributed by atoms with Gasteiger partial charge in [0.1, 0.15) is 12.3 Å². The zero-order valence-electron chi connectivity index (χ0n) is 16.5. The maximum atomic E-state index is 13.3. The molecule has 0 fully saturated rings. The van der Waals surface area contributed by atoms with E-state index in [9.17, 15) is 9.59 Å².